The molecule has 574 valence electrons. The summed E-state index contributed by atoms with van der Waals surface area (Å²) in [6.45, 7) is 24.3. The van der Waals surface area contributed by atoms with Crippen molar-refractivity contribution in [3.63, 3.8) is 0 Å². The first kappa shape index (κ1) is 74.6. The van der Waals surface area contributed by atoms with E-state index < -0.39 is 0 Å². The lowest BCUT2D eigenvalue weighted by atomic mass is 9.84. The van der Waals surface area contributed by atoms with Gasteiger partial charge in [-0.1, -0.05) is 151 Å². The summed E-state index contributed by atoms with van der Waals surface area (Å²) in [5.74, 6) is 1.31. The van der Waals surface area contributed by atoms with E-state index in [2.05, 4.69) is 331 Å². The lowest BCUT2D eigenvalue weighted by molar-refractivity contribution is -0.661. The molecule has 0 radical (unpaired) electrons. The van der Waals surface area contributed by atoms with Crippen LogP contribution >= 0.6 is 0 Å². The normalized spacial score (nSPS) is 12.9. The molecule has 1 aliphatic carbocycles. The molecule has 20 aromatic rings. The molecule has 12 aromatic heterocycles. The maximum Gasteiger partial charge on any atom is 0.227 e. The van der Waals surface area contributed by atoms with Crippen LogP contribution in [0.15, 0.2) is 255 Å². The average Bonchev–Trinajstić information content (AvgIpc) is 1.57. The zero-order chi connectivity index (χ0) is 80.1. The minimum absolute atomic E-state index is 0.104. The van der Waals surface area contributed by atoms with Crippen molar-refractivity contribution in [2.45, 2.75) is 126 Å². The van der Waals surface area contributed by atoms with Gasteiger partial charge in [-0.15, -0.1) is 0 Å². The van der Waals surface area contributed by atoms with E-state index in [9.17, 15) is 0 Å². The number of fused-ring (bicyclic) bond motifs is 20. The Morgan fingerprint density at radius 1 is 0.353 bits per heavy atom. The standard InChI is InChI=1S/C28H27N2O.2C26H25N2O.C24H21N2O/c1-18-21-11-6-7-12-22(21)26-23-13-8-16-29-28(23)31-27(26)25(18)24-15-14-20(17-30(24)2)19-9-4-3-5-10-19;1-16-18-9-6-7-10-19(18)23-20-11-8-14-27-25(20)29-24(23)22(16)21-13-12-17(15-28(21)5)26(2,3)4;1-16(2)14-18-11-13-28(4)22(15-18)23-17(3)19-8-5-6-9-20(19)24-21-10-7-12-27-26(21)29-25(23)24;1-14-12-20(26(4)13-15(14)2)21-16(3)17-8-5-6-9-18(17)22-19-10-7-11-25-24(19)27-23(21)22/h6-8,11-17,19H,3-5,9-10H2,1-2H3;6-15H,1-5H3;5-13,15-16H,14H2,1-4H3;5-13H,1-4H3/q4*+1. The summed E-state index contributed by atoms with van der Waals surface area (Å²) in [6.07, 6.45) is 23.9. The van der Waals surface area contributed by atoms with Crippen molar-refractivity contribution in [2.24, 2.45) is 34.1 Å². The minimum atomic E-state index is 0.104. The quantitative estimate of drug-likeness (QED) is 0.145. The van der Waals surface area contributed by atoms with Crippen LogP contribution in [0.2, 0.25) is 0 Å². The highest BCUT2D eigenvalue weighted by Crippen LogP contribution is 2.48. The Hall–Kier alpha value is -12.8. The Kier molecular flexibility index (Phi) is 19.2. The highest BCUT2D eigenvalue weighted by atomic mass is 16.4. The first-order chi connectivity index (χ1) is 56.2. The number of hydrogen-bond donors (Lipinski definition) is 0. The van der Waals surface area contributed by atoms with E-state index in [1.165, 1.54) is 142 Å². The van der Waals surface area contributed by atoms with E-state index in [0.29, 0.717) is 34.7 Å². The number of hydrogen-bond acceptors (Lipinski definition) is 8. The summed E-state index contributed by atoms with van der Waals surface area (Å²) < 4.78 is 34.4. The van der Waals surface area contributed by atoms with E-state index in [0.717, 1.165) is 99.9 Å². The Labute approximate surface area is 676 Å². The van der Waals surface area contributed by atoms with Crippen molar-refractivity contribution in [1.29, 1.82) is 0 Å². The first-order valence-electron chi connectivity index (χ1n) is 40.9. The zero-order valence-electron chi connectivity index (χ0n) is 69.1. The fraction of sp³-hybridized carbons (Fsp3) is 0.231. The van der Waals surface area contributed by atoms with Crippen molar-refractivity contribution in [1.82, 2.24) is 19.9 Å². The molecular weight excluding hydrogens is 1430 g/mol. The van der Waals surface area contributed by atoms with Crippen molar-refractivity contribution >= 4 is 131 Å². The third-order valence-corrected chi connectivity index (χ3v) is 24.5. The largest absolute Gasteiger partial charge is 0.437 e. The van der Waals surface area contributed by atoms with Gasteiger partial charge >= 0.3 is 0 Å². The van der Waals surface area contributed by atoms with Gasteiger partial charge in [0.05, 0.1) is 22.3 Å². The van der Waals surface area contributed by atoms with Crippen molar-refractivity contribution in [3.8, 4) is 45.0 Å². The summed E-state index contributed by atoms with van der Waals surface area (Å²) in [5, 5.41) is 18.8. The zero-order valence-corrected chi connectivity index (χ0v) is 69.1. The van der Waals surface area contributed by atoms with Crippen LogP contribution in [0.25, 0.3) is 176 Å². The lowest BCUT2D eigenvalue weighted by Crippen LogP contribution is -2.33. The van der Waals surface area contributed by atoms with Crippen LogP contribution in [0.3, 0.4) is 0 Å². The maximum atomic E-state index is 6.40. The second-order valence-corrected chi connectivity index (χ2v) is 33.6. The molecule has 21 rings (SSSR count). The van der Waals surface area contributed by atoms with Crippen molar-refractivity contribution < 1.29 is 35.9 Å². The Balaban J connectivity index is 0.000000107. The van der Waals surface area contributed by atoms with E-state index >= 15 is 0 Å². The third kappa shape index (κ3) is 12.9. The summed E-state index contributed by atoms with van der Waals surface area (Å²) in [5.41, 5.74) is 27.5. The molecule has 0 saturated heterocycles. The molecule has 8 aromatic carbocycles. The van der Waals surface area contributed by atoms with Gasteiger partial charge in [-0.2, -0.15) is 0 Å². The average molecular weight is 1520 g/mol. The molecule has 1 saturated carbocycles. The minimum Gasteiger partial charge on any atom is -0.437 e. The van der Waals surface area contributed by atoms with Crippen LogP contribution in [0.5, 0.6) is 0 Å². The van der Waals surface area contributed by atoms with Gasteiger partial charge in [-0.25, -0.2) is 38.2 Å². The lowest BCUT2D eigenvalue weighted by Gasteiger charge is -2.21. The smallest absolute Gasteiger partial charge is 0.227 e. The molecule has 0 bridgehead atoms. The highest BCUT2D eigenvalue weighted by Gasteiger charge is 2.32. The summed E-state index contributed by atoms with van der Waals surface area (Å²) in [6, 6.07) is 66.6. The Morgan fingerprint density at radius 3 is 1.07 bits per heavy atom. The van der Waals surface area contributed by atoms with E-state index in [4.69, 9.17) is 17.7 Å². The predicted octanol–water partition coefficient (Wildman–Crippen LogP) is 24.9. The number of rotatable bonds is 7. The molecule has 1 aliphatic rings. The number of pyridine rings is 8. The summed E-state index contributed by atoms with van der Waals surface area (Å²) in [4.78, 5) is 18.0. The van der Waals surface area contributed by atoms with E-state index in [1.54, 1.807) is 24.8 Å². The molecular formula is C104H98N8O4+4. The van der Waals surface area contributed by atoms with E-state index in [-0.39, 0.29) is 5.41 Å². The van der Waals surface area contributed by atoms with Crippen LogP contribution in [0.1, 0.15) is 123 Å². The molecule has 0 spiro atoms. The first-order valence-corrected chi connectivity index (χ1v) is 40.9. The number of aromatic nitrogens is 8. The van der Waals surface area contributed by atoms with Crippen LogP contribution < -0.4 is 18.3 Å². The van der Waals surface area contributed by atoms with Gasteiger partial charge in [0, 0.05) is 115 Å². The molecule has 0 unspecified atom stereocenters. The molecule has 0 N–H and O–H groups in total. The molecule has 116 heavy (non-hydrogen) atoms. The number of nitrogens with zero attached hydrogens (tertiary/aromatic N) is 8. The van der Waals surface area contributed by atoms with Crippen LogP contribution in [0.4, 0.5) is 0 Å². The van der Waals surface area contributed by atoms with Gasteiger partial charge in [-0.3, -0.25) is 0 Å². The highest BCUT2D eigenvalue weighted by molar-refractivity contribution is 6.26. The fourth-order valence-corrected chi connectivity index (χ4v) is 18.5. The SMILES string of the molecule is Cc1c(-c2cc(CC(C)C)cc[n+]2C)c2oc3ncccc3c2c2ccccc12.Cc1c(-c2ccc(C(C)(C)C)c[n+]2C)c2oc3ncccc3c2c2ccccc12.Cc1c(-c2ccc(C3CCCCC3)c[n+]2C)c2oc3ncccc3c2c2ccccc12.Cc1cc(-c2c(C)c3ccccc3c3c2oc2ncccc23)[n+](C)cc1C. The molecule has 0 amide bonds. The monoisotopic (exact) mass is 1520 g/mol. The Bertz CT molecular complexity index is 7320. The van der Waals surface area contributed by atoms with Crippen LogP contribution in [0, 0.1) is 47.5 Å². The maximum absolute atomic E-state index is 6.40. The topological polar surface area (TPSA) is 120 Å². The third-order valence-electron chi connectivity index (χ3n) is 24.5. The summed E-state index contributed by atoms with van der Waals surface area (Å²) in [7, 11) is 8.49. The molecule has 1 fully saturated rings. The van der Waals surface area contributed by atoms with Gasteiger partial charge in [0.25, 0.3) is 0 Å². The van der Waals surface area contributed by atoms with Gasteiger partial charge in [0.1, 0.15) is 28.2 Å². The number of furan rings is 4. The van der Waals surface area contributed by atoms with E-state index in [1.807, 2.05) is 24.3 Å². The van der Waals surface area contributed by atoms with Crippen molar-refractivity contribution in [3.05, 3.63) is 288 Å². The van der Waals surface area contributed by atoms with Gasteiger partial charge < -0.3 is 17.7 Å². The van der Waals surface area contributed by atoms with Gasteiger partial charge in [0.2, 0.25) is 45.6 Å². The second-order valence-electron chi connectivity index (χ2n) is 33.6. The summed E-state index contributed by atoms with van der Waals surface area (Å²) >= 11 is 0. The Morgan fingerprint density at radius 2 is 0.698 bits per heavy atom. The molecule has 0 aliphatic heterocycles. The molecule has 0 atom stereocenters. The van der Waals surface area contributed by atoms with Gasteiger partial charge in [-0.05, 0) is 215 Å². The number of aryl methyl sites for hydroxylation is 10. The fourth-order valence-electron chi connectivity index (χ4n) is 18.5. The van der Waals surface area contributed by atoms with Crippen LogP contribution in [-0.4, -0.2) is 19.9 Å². The predicted molar refractivity (Wildman–Crippen MR) is 474 cm³/mol. The van der Waals surface area contributed by atoms with Crippen LogP contribution in [-0.2, 0) is 40.0 Å². The molecule has 12 nitrogen and oxygen atoms in total. The van der Waals surface area contributed by atoms with Crippen molar-refractivity contribution in [2.75, 3.05) is 0 Å². The van der Waals surface area contributed by atoms with Gasteiger partial charge in [0.15, 0.2) is 47.1 Å². The second kappa shape index (κ2) is 29.9. The molecule has 12 heteroatoms. The molecule has 12 heterocycles. The number of benzene rings is 8.